The van der Waals surface area contributed by atoms with E-state index in [1.54, 1.807) is 13.2 Å². The standard InChI is InChI=1S/C14H17ClN6O2/c1-23-13-3-2-10(15)6-12(13)20-5-4-11(7-20)17-14(22)8-21-9-16-18-19-21/h2-3,6,9,11H,4-5,7-8H2,1H3,(H,17,22)/t11-/m1/s1. The van der Waals surface area contributed by atoms with Crippen LogP contribution in [0.1, 0.15) is 6.42 Å². The Labute approximate surface area is 138 Å². The molecule has 3 rings (SSSR count). The molecule has 1 aliphatic rings. The van der Waals surface area contributed by atoms with E-state index >= 15 is 0 Å². The number of carbonyl (C=O) groups is 1. The fraction of sp³-hybridized carbons (Fsp3) is 0.429. The molecule has 0 unspecified atom stereocenters. The van der Waals surface area contributed by atoms with E-state index in [0.717, 1.165) is 24.4 Å². The highest BCUT2D eigenvalue weighted by Crippen LogP contribution is 2.33. The number of aromatic nitrogens is 4. The predicted octanol–water partition coefficient (Wildman–Crippen LogP) is 0.730. The highest BCUT2D eigenvalue weighted by Gasteiger charge is 2.26. The fourth-order valence-electron chi connectivity index (χ4n) is 2.68. The number of amides is 1. The number of carbonyl (C=O) groups excluding carboxylic acids is 1. The number of benzene rings is 1. The summed E-state index contributed by atoms with van der Waals surface area (Å²) in [7, 11) is 1.63. The summed E-state index contributed by atoms with van der Waals surface area (Å²) in [4.78, 5) is 14.2. The Morgan fingerprint density at radius 2 is 2.39 bits per heavy atom. The number of rotatable bonds is 5. The zero-order valence-electron chi connectivity index (χ0n) is 12.6. The second-order valence-electron chi connectivity index (χ2n) is 5.32. The van der Waals surface area contributed by atoms with Crippen LogP contribution in [-0.2, 0) is 11.3 Å². The Morgan fingerprint density at radius 1 is 1.52 bits per heavy atom. The summed E-state index contributed by atoms with van der Waals surface area (Å²) in [5.41, 5.74) is 0.942. The molecule has 0 bridgehead atoms. The van der Waals surface area contributed by atoms with Crippen molar-refractivity contribution < 1.29 is 9.53 Å². The lowest BCUT2D eigenvalue weighted by Gasteiger charge is -2.21. The summed E-state index contributed by atoms with van der Waals surface area (Å²) in [5, 5.41) is 14.3. The van der Waals surface area contributed by atoms with Crippen molar-refractivity contribution in [1.29, 1.82) is 0 Å². The third-order valence-corrected chi connectivity index (χ3v) is 3.97. The van der Waals surface area contributed by atoms with Crippen LogP contribution >= 0.6 is 11.6 Å². The molecule has 1 amide bonds. The Hall–Kier alpha value is -2.35. The van der Waals surface area contributed by atoms with E-state index in [0.29, 0.717) is 11.6 Å². The molecule has 23 heavy (non-hydrogen) atoms. The van der Waals surface area contributed by atoms with Gasteiger partial charge in [0.2, 0.25) is 5.91 Å². The van der Waals surface area contributed by atoms with Gasteiger partial charge in [-0.2, -0.15) is 0 Å². The van der Waals surface area contributed by atoms with Crippen LogP contribution in [0.25, 0.3) is 0 Å². The molecule has 1 aromatic heterocycles. The number of nitrogens with zero attached hydrogens (tertiary/aromatic N) is 5. The van der Waals surface area contributed by atoms with E-state index in [4.69, 9.17) is 16.3 Å². The zero-order valence-corrected chi connectivity index (χ0v) is 13.4. The van der Waals surface area contributed by atoms with Crippen molar-refractivity contribution in [2.45, 2.75) is 19.0 Å². The minimum atomic E-state index is -0.109. The van der Waals surface area contributed by atoms with Crippen LogP contribution in [0.2, 0.25) is 5.02 Å². The largest absolute Gasteiger partial charge is 0.495 e. The molecule has 1 atom stereocenters. The number of hydrogen-bond acceptors (Lipinski definition) is 6. The summed E-state index contributed by atoms with van der Waals surface area (Å²) in [6.45, 7) is 1.65. The van der Waals surface area contributed by atoms with Gasteiger partial charge in [0.1, 0.15) is 18.6 Å². The van der Waals surface area contributed by atoms with Gasteiger partial charge in [-0.25, -0.2) is 4.68 Å². The average molecular weight is 337 g/mol. The molecule has 1 saturated heterocycles. The molecule has 0 aliphatic carbocycles. The highest BCUT2D eigenvalue weighted by molar-refractivity contribution is 6.30. The normalized spacial score (nSPS) is 17.3. The van der Waals surface area contributed by atoms with Crippen LogP contribution in [0.4, 0.5) is 5.69 Å². The Kier molecular flexibility index (Phi) is 4.61. The smallest absolute Gasteiger partial charge is 0.242 e. The quantitative estimate of drug-likeness (QED) is 0.866. The van der Waals surface area contributed by atoms with Crippen LogP contribution in [0, 0.1) is 0 Å². The SMILES string of the molecule is COc1ccc(Cl)cc1N1CC[C@@H](NC(=O)Cn2cnnn2)C1. The molecule has 0 saturated carbocycles. The fourth-order valence-corrected chi connectivity index (χ4v) is 2.85. The maximum Gasteiger partial charge on any atom is 0.242 e. The molecule has 1 aliphatic heterocycles. The van der Waals surface area contributed by atoms with Crippen LogP contribution < -0.4 is 15.0 Å². The molecule has 8 nitrogen and oxygen atoms in total. The van der Waals surface area contributed by atoms with Crippen molar-refractivity contribution in [2.75, 3.05) is 25.1 Å². The molecule has 9 heteroatoms. The van der Waals surface area contributed by atoms with E-state index < -0.39 is 0 Å². The number of nitrogens with one attached hydrogen (secondary N) is 1. The first-order valence-electron chi connectivity index (χ1n) is 7.24. The van der Waals surface area contributed by atoms with Crippen LogP contribution in [-0.4, -0.2) is 52.4 Å². The second-order valence-corrected chi connectivity index (χ2v) is 5.76. The molecule has 0 radical (unpaired) electrons. The molecule has 0 spiro atoms. The van der Waals surface area contributed by atoms with E-state index in [1.165, 1.54) is 11.0 Å². The van der Waals surface area contributed by atoms with Gasteiger partial charge in [0, 0.05) is 24.2 Å². The summed E-state index contributed by atoms with van der Waals surface area (Å²) in [5.74, 6) is 0.664. The van der Waals surface area contributed by atoms with Crippen molar-refractivity contribution >= 4 is 23.2 Å². The molecule has 1 N–H and O–H groups in total. The number of anilines is 1. The lowest BCUT2D eigenvalue weighted by atomic mass is 10.2. The third kappa shape index (κ3) is 3.70. The van der Waals surface area contributed by atoms with Gasteiger partial charge in [0.05, 0.1) is 12.8 Å². The number of hydrogen-bond donors (Lipinski definition) is 1. The van der Waals surface area contributed by atoms with Crippen LogP contribution in [0.3, 0.4) is 0 Å². The third-order valence-electron chi connectivity index (χ3n) is 3.73. The van der Waals surface area contributed by atoms with Crippen molar-refractivity contribution in [1.82, 2.24) is 25.5 Å². The first-order valence-corrected chi connectivity index (χ1v) is 7.62. The Balaban J connectivity index is 1.60. The molecule has 2 aromatic rings. The average Bonchev–Trinajstić information content (AvgIpc) is 3.19. The summed E-state index contributed by atoms with van der Waals surface area (Å²) < 4.78 is 6.78. The number of ether oxygens (including phenoxy) is 1. The van der Waals surface area contributed by atoms with E-state index in [2.05, 4.69) is 25.7 Å². The molecular formula is C14H17ClN6O2. The van der Waals surface area contributed by atoms with Gasteiger partial charge in [-0.3, -0.25) is 4.79 Å². The number of halogens is 1. The van der Waals surface area contributed by atoms with Gasteiger partial charge < -0.3 is 15.0 Å². The van der Waals surface area contributed by atoms with Gasteiger partial charge in [-0.15, -0.1) is 5.10 Å². The lowest BCUT2D eigenvalue weighted by Crippen LogP contribution is -2.39. The van der Waals surface area contributed by atoms with E-state index in [-0.39, 0.29) is 18.5 Å². The zero-order chi connectivity index (χ0) is 16.2. The van der Waals surface area contributed by atoms with Gasteiger partial charge in [-0.05, 0) is 35.0 Å². The monoisotopic (exact) mass is 336 g/mol. The summed E-state index contributed by atoms with van der Waals surface area (Å²) in [6.07, 6.45) is 2.27. The Bertz CT molecular complexity index is 678. The number of methoxy groups -OCH3 is 1. The van der Waals surface area contributed by atoms with E-state index in [1.807, 2.05) is 12.1 Å². The van der Waals surface area contributed by atoms with Gasteiger partial charge in [0.25, 0.3) is 0 Å². The molecule has 1 fully saturated rings. The maximum absolute atomic E-state index is 12.0. The van der Waals surface area contributed by atoms with Crippen molar-refractivity contribution in [2.24, 2.45) is 0 Å². The molecular weight excluding hydrogens is 320 g/mol. The van der Waals surface area contributed by atoms with Crippen molar-refractivity contribution in [3.63, 3.8) is 0 Å². The number of tetrazole rings is 1. The minimum absolute atomic E-state index is 0.0719. The van der Waals surface area contributed by atoms with E-state index in [9.17, 15) is 4.79 Å². The molecule has 122 valence electrons. The van der Waals surface area contributed by atoms with Crippen molar-refractivity contribution in [3.8, 4) is 5.75 Å². The van der Waals surface area contributed by atoms with Gasteiger partial charge >= 0.3 is 0 Å². The lowest BCUT2D eigenvalue weighted by molar-refractivity contribution is -0.122. The predicted molar refractivity (Wildman–Crippen MR) is 84.6 cm³/mol. The topological polar surface area (TPSA) is 85.2 Å². The first kappa shape index (κ1) is 15.5. The van der Waals surface area contributed by atoms with Crippen LogP contribution in [0.5, 0.6) is 5.75 Å². The minimum Gasteiger partial charge on any atom is -0.495 e. The maximum atomic E-state index is 12.0. The van der Waals surface area contributed by atoms with Crippen LogP contribution in [0.15, 0.2) is 24.5 Å². The van der Waals surface area contributed by atoms with Crippen molar-refractivity contribution in [3.05, 3.63) is 29.5 Å². The van der Waals surface area contributed by atoms with Gasteiger partial charge in [0.15, 0.2) is 0 Å². The summed E-state index contributed by atoms with van der Waals surface area (Å²) >= 11 is 6.08. The summed E-state index contributed by atoms with van der Waals surface area (Å²) in [6, 6.07) is 5.60. The first-order chi connectivity index (χ1) is 11.2. The second kappa shape index (κ2) is 6.82. The highest BCUT2D eigenvalue weighted by atomic mass is 35.5. The molecule has 2 heterocycles. The molecule has 1 aromatic carbocycles. The van der Waals surface area contributed by atoms with Gasteiger partial charge in [-0.1, -0.05) is 11.6 Å². The Morgan fingerprint density at radius 3 is 3.13 bits per heavy atom.